The van der Waals surface area contributed by atoms with E-state index in [1.54, 1.807) is 0 Å². The van der Waals surface area contributed by atoms with E-state index in [0.29, 0.717) is 0 Å². The molecule has 1 heteroatoms. The van der Waals surface area contributed by atoms with Crippen molar-refractivity contribution >= 4 is 5.69 Å². The highest BCUT2D eigenvalue weighted by Gasteiger charge is 1.98. The third kappa shape index (κ3) is 2.00. The summed E-state index contributed by atoms with van der Waals surface area (Å²) >= 11 is 0. The molecule has 0 amide bonds. The van der Waals surface area contributed by atoms with Crippen molar-refractivity contribution in [3.63, 3.8) is 0 Å². The summed E-state index contributed by atoms with van der Waals surface area (Å²) in [5.74, 6) is 0. The summed E-state index contributed by atoms with van der Waals surface area (Å²) in [5.41, 5.74) is 3.99. The molecular weight excluding hydrogens is 146 g/mol. The monoisotopic (exact) mass is 163 g/mol. The summed E-state index contributed by atoms with van der Waals surface area (Å²) in [5, 5.41) is 0. The van der Waals surface area contributed by atoms with E-state index in [-0.39, 0.29) is 0 Å². The van der Waals surface area contributed by atoms with Gasteiger partial charge in [0.25, 0.3) is 0 Å². The first-order chi connectivity index (χ1) is 5.63. The first-order valence-corrected chi connectivity index (χ1v) is 4.43. The van der Waals surface area contributed by atoms with Crippen molar-refractivity contribution in [2.75, 3.05) is 18.5 Å². The van der Waals surface area contributed by atoms with Gasteiger partial charge in [-0.15, -0.1) is 0 Å². The Morgan fingerprint density at radius 3 is 2.00 bits per heavy atom. The van der Waals surface area contributed by atoms with Crippen molar-refractivity contribution in [3.8, 4) is 0 Å². The van der Waals surface area contributed by atoms with E-state index in [9.17, 15) is 0 Å². The van der Waals surface area contributed by atoms with E-state index >= 15 is 0 Å². The molecule has 1 aromatic rings. The van der Waals surface area contributed by atoms with Gasteiger partial charge < -0.3 is 4.90 Å². The molecule has 0 spiro atoms. The summed E-state index contributed by atoms with van der Waals surface area (Å²) in [6.07, 6.45) is 0. The average molecular weight is 163 g/mol. The quantitative estimate of drug-likeness (QED) is 0.648. The van der Waals surface area contributed by atoms with Crippen LogP contribution in [0.5, 0.6) is 0 Å². The topological polar surface area (TPSA) is 3.24 Å². The molecule has 1 nitrogen and oxygen atoms in total. The van der Waals surface area contributed by atoms with E-state index in [4.69, 9.17) is 0 Å². The van der Waals surface area contributed by atoms with Crippen LogP contribution in [-0.2, 0) is 0 Å². The zero-order chi connectivity index (χ0) is 9.14. The van der Waals surface area contributed by atoms with Gasteiger partial charge in [0, 0.05) is 19.3 Å². The maximum Gasteiger partial charge on any atom is 0.0368 e. The van der Waals surface area contributed by atoms with Crippen molar-refractivity contribution in [3.05, 3.63) is 29.3 Å². The molecule has 0 saturated heterocycles. The molecule has 0 radical (unpaired) electrons. The maximum absolute atomic E-state index is 2.25. The molecule has 0 N–H and O–H groups in total. The molecule has 0 aliphatic carbocycles. The molecule has 12 heavy (non-hydrogen) atoms. The molecule has 0 heterocycles. The largest absolute Gasteiger partial charge is 0.375 e. The SMILES string of the molecule is CCN(C)c1cc(C)cc(C)c1. The summed E-state index contributed by atoms with van der Waals surface area (Å²) in [6.45, 7) is 7.50. The number of rotatable bonds is 2. The van der Waals surface area contributed by atoms with Gasteiger partial charge in [0.1, 0.15) is 0 Å². The standard InChI is InChI=1S/C11H17N/c1-5-12(4)11-7-9(2)6-10(3)8-11/h6-8H,5H2,1-4H3. The number of benzene rings is 1. The molecule has 0 bridgehead atoms. The Morgan fingerprint density at radius 2 is 1.58 bits per heavy atom. The third-order valence-corrected chi connectivity index (χ3v) is 2.12. The minimum atomic E-state index is 1.06. The molecule has 0 saturated carbocycles. The minimum absolute atomic E-state index is 1.06. The van der Waals surface area contributed by atoms with Crippen molar-refractivity contribution in [1.29, 1.82) is 0 Å². The lowest BCUT2D eigenvalue weighted by Crippen LogP contribution is -2.15. The van der Waals surface area contributed by atoms with Gasteiger partial charge in [-0.1, -0.05) is 6.07 Å². The van der Waals surface area contributed by atoms with E-state index < -0.39 is 0 Å². The highest BCUT2D eigenvalue weighted by molar-refractivity contribution is 5.50. The fourth-order valence-electron chi connectivity index (χ4n) is 1.35. The van der Waals surface area contributed by atoms with E-state index in [1.807, 2.05) is 0 Å². The van der Waals surface area contributed by atoms with Gasteiger partial charge >= 0.3 is 0 Å². The van der Waals surface area contributed by atoms with Crippen LogP contribution in [0, 0.1) is 13.8 Å². The molecule has 66 valence electrons. The smallest absolute Gasteiger partial charge is 0.0368 e. The van der Waals surface area contributed by atoms with Crippen molar-refractivity contribution in [2.24, 2.45) is 0 Å². The maximum atomic E-state index is 2.25. The summed E-state index contributed by atoms with van der Waals surface area (Å²) in [7, 11) is 2.12. The molecule has 0 atom stereocenters. The third-order valence-electron chi connectivity index (χ3n) is 2.12. The molecule has 0 aromatic heterocycles. The molecule has 0 fully saturated rings. The van der Waals surface area contributed by atoms with Gasteiger partial charge in [-0.25, -0.2) is 0 Å². The van der Waals surface area contributed by atoms with Gasteiger partial charge in [-0.3, -0.25) is 0 Å². The van der Waals surface area contributed by atoms with Crippen LogP contribution in [-0.4, -0.2) is 13.6 Å². The second-order valence-electron chi connectivity index (χ2n) is 3.36. The van der Waals surface area contributed by atoms with Crippen molar-refractivity contribution in [2.45, 2.75) is 20.8 Å². The lowest BCUT2D eigenvalue weighted by molar-refractivity contribution is 0.965. The Balaban J connectivity index is 3.00. The number of anilines is 1. The van der Waals surface area contributed by atoms with Crippen LogP contribution >= 0.6 is 0 Å². The van der Waals surface area contributed by atoms with E-state index in [0.717, 1.165) is 6.54 Å². The zero-order valence-electron chi connectivity index (χ0n) is 8.39. The lowest BCUT2D eigenvalue weighted by Gasteiger charge is -2.17. The Morgan fingerprint density at radius 1 is 1.08 bits per heavy atom. The predicted octanol–water partition coefficient (Wildman–Crippen LogP) is 2.76. The average Bonchev–Trinajstić information content (AvgIpc) is 2.01. The van der Waals surface area contributed by atoms with Gasteiger partial charge in [-0.2, -0.15) is 0 Å². The molecular formula is C11H17N. The zero-order valence-corrected chi connectivity index (χ0v) is 8.39. The van der Waals surface area contributed by atoms with Crippen LogP contribution in [0.2, 0.25) is 0 Å². The van der Waals surface area contributed by atoms with Gasteiger partial charge in [0.2, 0.25) is 0 Å². The van der Waals surface area contributed by atoms with Crippen LogP contribution in [0.3, 0.4) is 0 Å². The Hall–Kier alpha value is -0.980. The highest BCUT2D eigenvalue weighted by Crippen LogP contribution is 2.16. The summed E-state index contributed by atoms with van der Waals surface area (Å²) in [4.78, 5) is 2.25. The first-order valence-electron chi connectivity index (χ1n) is 4.43. The second kappa shape index (κ2) is 3.61. The Bertz CT molecular complexity index is 245. The fraction of sp³-hybridized carbons (Fsp3) is 0.455. The highest BCUT2D eigenvalue weighted by atomic mass is 15.1. The van der Waals surface area contributed by atoms with Gasteiger partial charge in [0.15, 0.2) is 0 Å². The predicted molar refractivity (Wildman–Crippen MR) is 54.9 cm³/mol. The summed E-state index contributed by atoms with van der Waals surface area (Å²) < 4.78 is 0. The van der Waals surface area contributed by atoms with Crippen molar-refractivity contribution < 1.29 is 0 Å². The second-order valence-corrected chi connectivity index (χ2v) is 3.36. The molecule has 0 aliphatic heterocycles. The first kappa shape index (κ1) is 9.11. The van der Waals surface area contributed by atoms with Crippen LogP contribution < -0.4 is 4.90 Å². The number of hydrogen-bond acceptors (Lipinski definition) is 1. The van der Waals surface area contributed by atoms with E-state index in [2.05, 4.69) is 50.9 Å². The van der Waals surface area contributed by atoms with Crippen LogP contribution in [0.15, 0.2) is 18.2 Å². The summed E-state index contributed by atoms with van der Waals surface area (Å²) in [6, 6.07) is 6.64. The van der Waals surface area contributed by atoms with Crippen molar-refractivity contribution in [1.82, 2.24) is 0 Å². The van der Waals surface area contributed by atoms with Gasteiger partial charge in [0.05, 0.1) is 0 Å². The van der Waals surface area contributed by atoms with Crippen LogP contribution in [0.1, 0.15) is 18.1 Å². The van der Waals surface area contributed by atoms with Gasteiger partial charge in [-0.05, 0) is 44.0 Å². The number of hydrogen-bond donors (Lipinski definition) is 0. The Kier molecular flexibility index (Phi) is 2.74. The normalized spacial score (nSPS) is 10.0. The minimum Gasteiger partial charge on any atom is -0.375 e. The molecule has 0 unspecified atom stereocenters. The van der Waals surface area contributed by atoms with Crippen LogP contribution in [0.4, 0.5) is 5.69 Å². The Labute approximate surface area is 75.0 Å². The number of nitrogens with zero attached hydrogens (tertiary/aromatic N) is 1. The molecule has 0 aliphatic rings. The fourth-order valence-corrected chi connectivity index (χ4v) is 1.35. The number of aryl methyl sites for hydroxylation is 2. The lowest BCUT2D eigenvalue weighted by atomic mass is 10.1. The van der Waals surface area contributed by atoms with Crippen LogP contribution in [0.25, 0.3) is 0 Å². The van der Waals surface area contributed by atoms with E-state index in [1.165, 1.54) is 16.8 Å². The molecule has 1 aromatic carbocycles. The molecule has 1 rings (SSSR count).